The Morgan fingerprint density at radius 2 is 1.45 bits per heavy atom. The number of hydrogen-bond donors (Lipinski definition) is 0. The Hall–Kier alpha value is -0.760. The molecule has 2 rings (SSSR count). The van der Waals surface area contributed by atoms with Crippen molar-refractivity contribution in [2.45, 2.75) is 57.6 Å². The first-order valence-corrected chi connectivity index (χ1v) is 9.12. The molecule has 1 aromatic rings. The topological polar surface area (TPSA) is 17.1 Å². The van der Waals surface area contributed by atoms with Crippen LogP contribution < -0.4 is 0 Å². The van der Waals surface area contributed by atoms with Crippen molar-refractivity contribution in [3.8, 4) is 0 Å². The van der Waals surface area contributed by atoms with Crippen LogP contribution in [0, 0.1) is 0 Å². The largest absolute Gasteiger partial charge is 0.288 e. The molecular weight excluding hydrogens is 264 g/mol. The molecular formula is C18H27OS+. The van der Waals surface area contributed by atoms with Crippen molar-refractivity contribution in [2.75, 3.05) is 11.5 Å². The Labute approximate surface area is 126 Å². The van der Waals surface area contributed by atoms with Gasteiger partial charge in [0.25, 0.3) is 0 Å². The highest BCUT2D eigenvalue weighted by atomic mass is 32.2. The number of carbonyl (C=O) groups is 1. The van der Waals surface area contributed by atoms with E-state index in [1.807, 2.05) is 12.1 Å². The molecule has 1 aliphatic heterocycles. The third-order valence-electron chi connectivity index (χ3n) is 4.31. The Morgan fingerprint density at radius 3 is 1.90 bits per heavy atom. The molecule has 0 amide bonds. The van der Waals surface area contributed by atoms with Gasteiger partial charge in [0.05, 0.1) is 0 Å². The fourth-order valence-corrected chi connectivity index (χ4v) is 5.48. The van der Waals surface area contributed by atoms with Gasteiger partial charge in [0.15, 0.2) is 4.75 Å². The number of carbonyl (C=O) groups excluding carboxylic acids is 1. The summed E-state index contributed by atoms with van der Waals surface area (Å²) in [7, 11) is 0.260. The van der Waals surface area contributed by atoms with Gasteiger partial charge in [0, 0.05) is 16.5 Å². The number of rotatable bonds is 3. The average molecular weight is 291 g/mol. The summed E-state index contributed by atoms with van der Waals surface area (Å²) in [6, 6.07) is 8.26. The van der Waals surface area contributed by atoms with E-state index in [1.165, 1.54) is 29.9 Å². The van der Waals surface area contributed by atoms with Gasteiger partial charge in [0.2, 0.25) is 5.78 Å². The first kappa shape index (κ1) is 15.6. The lowest BCUT2D eigenvalue weighted by Gasteiger charge is -2.23. The molecule has 1 fully saturated rings. The summed E-state index contributed by atoms with van der Waals surface area (Å²) in [4.78, 5) is 12.8. The Balaban J connectivity index is 2.20. The van der Waals surface area contributed by atoms with Crippen molar-refractivity contribution in [3.63, 3.8) is 0 Å². The molecule has 1 nitrogen and oxygen atoms in total. The molecule has 0 N–H and O–H groups in total. The summed E-state index contributed by atoms with van der Waals surface area (Å²) in [5, 5.41) is 0. The van der Waals surface area contributed by atoms with E-state index in [0.717, 1.165) is 5.56 Å². The lowest BCUT2D eigenvalue weighted by Crippen LogP contribution is -2.41. The van der Waals surface area contributed by atoms with Gasteiger partial charge in [-0.1, -0.05) is 45.0 Å². The maximum Gasteiger partial charge on any atom is 0.217 e. The Morgan fingerprint density at radius 1 is 0.950 bits per heavy atom. The van der Waals surface area contributed by atoms with Crippen LogP contribution in [-0.4, -0.2) is 22.0 Å². The van der Waals surface area contributed by atoms with Crippen LogP contribution in [0.25, 0.3) is 0 Å². The van der Waals surface area contributed by atoms with Crippen LogP contribution in [-0.2, 0) is 16.3 Å². The lowest BCUT2D eigenvalue weighted by molar-refractivity contribution is 0.0956. The third kappa shape index (κ3) is 3.11. The molecule has 1 heterocycles. The molecule has 0 unspecified atom stereocenters. The van der Waals surface area contributed by atoms with E-state index in [9.17, 15) is 4.79 Å². The lowest BCUT2D eigenvalue weighted by atomic mass is 9.86. The molecule has 0 aliphatic carbocycles. The van der Waals surface area contributed by atoms with Crippen LogP contribution in [0.3, 0.4) is 0 Å². The number of ketones is 1. The van der Waals surface area contributed by atoms with Gasteiger partial charge in [-0.25, -0.2) is 0 Å². The molecule has 1 aromatic carbocycles. The molecule has 1 aliphatic rings. The van der Waals surface area contributed by atoms with E-state index in [0.29, 0.717) is 5.78 Å². The minimum absolute atomic E-state index is 0.143. The van der Waals surface area contributed by atoms with Gasteiger partial charge in [-0.05, 0) is 37.7 Å². The quantitative estimate of drug-likeness (QED) is 0.597. The SMILES string of the molecule is CC(C)(C)c1ccc(C(=O)C(C)(C)[S+]2CCCC2)cc1. The third-order valence-corrected chi connectivity index (χ3v) is 7.50. The summed E-state index contributed by atoms with van der Waals surface area (Å²) in [6.07, 6.45) is 2.59. The van der Waals surface area contributed by atoms with Crippen LogP contribution >= 0.6 is 0 Å². The van der Waals surface area contributed by atoms with Crippen LogP contribution in [0.5, 0.6) is 0 Å². The molecule has 0 aromatic heterocycles. The van der Waals surface area contributed by atoms with Crippen LogP contribution in [0.4, 0.5) is 0 Å². The van der Waals surface area contributed by atoms with E-state index >= 15 is 0 Å². The smallest absolute Gasteiger partial charge is 0.217 e. The molecule has 0 spiro atoms. The standard InChI is InChI=1S/C18H27OS/c1-17(2,3)15-10-8-14(9-11-15)16(19)18(4,5)20-12-6-7-13-20/h8-11H,6-7,12-13H2,1-5H3/q+1. The highest BCUT2D eigenvalue weighted by Gasteiger charge is 2.47. The van der Waals surface area contributed by atoms with E-state index in [-0.39, 0.29) is 21.1 Å². The molecule has 1 saturated heterocycles. The minimum atomic E-state index is -0.195. The monoisotopic (exact) mass is 291 g/mol. The van der Waals surface area contributed by atoms with Gasteiger partial charge in [-0.2, -0.15) is 0 Å². The van der Waals surface area contributed by atoms with Gasteiger partial charge in [-0.15, -0.1) is 0 Å². The number of Topliss-reactive ketones (excluding diaryl/α,β-unsaturated/α-hetero) is 1. The predicted molar refractivity (Wildman–Crippen MR) is 89.9 cm³/mol. The first-order valence-electron chi connectivity index (χ1n) is 7.56. The molecule has 20 heavy (non-hydrogen) atoms. The maximum absolute atomic E-state index is 12.8. The van der Waals surface area contributed by atoms with E-state index in [2.05, 4.69) is 46.8 Å². The summed E-state index contributed by atoms with van der Waals surface area (Å²) < 4.78 is -0.195. The van der Waals surface area contributed by atoms with Crippen LogP contribution in [0.2, 0.25) is 0 Å². The highest BCUT2D eigenvalue weighted by Crippen LogP contribution is 2.31. The minimum Gasteiger partial charge on any atom is -0.288 e. The van der Waals surface area contributed by atoms with Gasteiger partial charge < -0.3 is 0 Å². The molecule has 0 atom stereocenters. The highest BCUT2D eigenvalue weighted by molar-refractivity contribution is 7.99. The number of hydrogen-bond acceptors (Lipinski definition) is 1. The Kier molecular flexibility index (Phi) is 4.34. The molecule has 0 bridgehead atoms. The van der Waals surface area contributed by atoms with E-state index < -0.39 is 0 Å². The second-order valence-electron chi connectivity index (χ2n) is 7.27. The summed E-state index contributed by atoms with van der Waals surface area (Å²) >= 11 is 0. The van der Waals surface area contributed by atoms with E-state index in [1.54, 1.807) is 0 Å². The zero-order chi connectivity index (χ0) is 15.0. The van der Waals surface area contributed by atoms with Gasteiger partial charge in [-0.3, -0.25) is 4.79 Å². The zero-order valence-electron chi connectivity index (χ0n) is 13.5. The van der Waals surface area contributed by atoms with Gasteiger partial charge in [0.1, 0.15) is 11.5 Å². The summed E-state index contributed by atoms with van der Waals surface area (Å²) in [5.41, 5.74) is 2.31. The number of benzene rings is 1. The Bertz CT molecular complexity index is 473. The van der Waals surface area contributed by atoms with E-state index in [4.69, 9.17) is 0 Å². The van der Waals surface area contributed by atoms with Crippen molar-refractivity contribution in [1.29, 1.82) is 0 Å². The van der Waals surface area contributed by atoms with Gasteiger partial charge >= 0.3 is 0 Å². The molecule has 2 heteroatoms. The molecule has 0 radical (unpaired) electrons. The van der Waals surface area contributed by atoms with Crippen molar-refractivity contribution in [1.82, 2.24) is 0 Å². The fourth-order valence-electron chi connectivity index (χ4n) is 2.77. The molecule has 0 saturated carbocycles. The summed E-state index contributed by atoms with van der Waals surface area (Å²) in [5.74, 6) is 2.79. The normalized spacial score (nSPS) is 17.4. The second kappa shape index (κ2) is 5.55. The maximum atomic E-state index is 12.8. The van der Waals surface area contributed by atoms with Crippen molar-refractivity contribution >= 4 is 16.7 Å². The second-order valence-corrected chi connectivity index (χ2v) is 10.1. The predicted octanol–water partition coefficient (Wildman–Crippen LogP) is 4.36. The fraction of sp³-hybridized carbons (Fsp3) is 0.611. The van der Waals surface area contributed by atoms with Crippen LogP contribution in [0.1, 0.15) is 63.4 Å². The zero-order valence-corrected chi connectivity index (χ0v) is 14.3. The molecule has 110 valence electrons. The first-order chi connectivity index (χ1) is 9.23. The summed E-state index contributed by atoms with van der Waals surface area (Å²) in [6.45, 7) is 10.9. The van der Waals surface area contributed by atoms with Crippen molar-refractivity contribution in [2.24, 2.45) is 0 Å². The van der Waals surface area contributed by atoms with Crippen molar-refractivity contribution < 1.29 is 4.79 Å². The van der Waals surface area contributed by atoms with Crippen LogP contribution in [0.15, 0.2) is 24.3 Å². The van der Waals surface area contributed by atoms with Crippen molar-refractivity contribution in [3.05, 3.63) is 35.4 Å². The average Bonchev–Trinajstić information content (AvgIpc) is 2.91.